The first-order chi connectivity index (χ1) is 12.8. The van der Waals surface area contributed by atoms with Crippen LogP contribution in [0.1, 0.15) is 11.1 Å². The van der Waals surface area contributed by atoms with Gasteiger partial charge in [-0.15, -0.1) is 0 Å². The number of carbonyl (C=O) groups excluding carboxylic acids is 2. The van der Waals surface area contributed by atoms with Crippen molar-refractivity contribution in [3.63, 3.8) is 0 Å². The van der Waals surface area contributed by atoms with E-state index in [1.165, 1.54) is 24.1 Å². The first-order valence-electron chi connectivity index (χ1n) is 8.23. The summed E-state index contributed by atoms with van der Waals surface area (Å²) in [7, 11) is 1.46. The molecule has 2 aromatic rings. The van der Waals surface area contributed by atoms with Crippen molar-refractivity contribution in [1.82, 2.24) is 5.32 Å². The molecule has 0 fully saturated rings. The third-order valence-electron chi connectivity index (χ3n) is 4.22. The van der Waals surface area contributed by atoms with Crippen LogP contribution in [0.15, 0.2) is 48.5 Å². The Bertz CT molecular complexity index is 867. The quantitative estimate of drug-likeness (QED) is 0.894. The summed E-state index contributed by atoms with van der Waals surface area (Å²) in [5.41, 5.74) is -0.0802. The molecule has 27 heavy (non-hydrogen) atoms. The van der Waals surface area contributed by atoms with E-state index in [9.17, 15) is 22.8 Å². The lowest BCUT2D eigenvalue weighted by Crippen LogP contribution is -2.50. The van der Waals surface area contributed by atoms with Crippen molar-refractivity contribution < 1.29 is 27.5 Å². The van der Waals surface area contributed by atoms with Crippen LogP contribution in [-0.4, -0.2) is 31.5 Å². The number of benzene rings is 2. The van der Waals surface area contributed by atoms with Crippen LogP contribution in [0, 0.1) is 0 Å². The van der Waals surface area contributed by atoms with Gasteiger partial charge in [-0.25, -0.2) is 0 Å². The van der Waals surface area contributed by atoms with E-state index < -0.39 is 23.8 Å². The summed E-state index contributed by atoms with van der Waals surface area (Å²) in [6.45, 7) is -0.0194. The molecule has 0 saturated heterocycles. The van der Waals surface area contributed by atoms with Gasteiger partial charge in [0.25, 0.3) is 5.91 Å². The molecule has 0 saturated carbocycles. The largest absolute Gasteiger partial charge is 0.477 e. The fraction of sp³-hybridized carbons (Fsp3) is 0.263. The van der Waals surface area contributed by atoms with E-state index in [2.05, 4.69) is 5.32 Å². The van der Waals surface area contributed by atoms with Gasteiger partial charge in [-0.3, -0.25) is 9.59 Å². The van der Waals surface area contributed by atoms with Gasteiger partial charge in [0.2, 0.25) is 5.91 Å². The Hall–Kier alpha value is -3.03. The number of nitrogens with zero attached hydrogens (tertiary/aromatic N) is 1. The summed E-state index contributed by atoms with van der Waals surface area (Å²) in [5, 5.41) is 2.47. The molecule has 3 rings (SSSR count). The highest BCUT2D eigenvalue weighted by molar-refractivity contribution is 5.98. The maximum Gasteiger partial charge on any atom is 0.416 e. The Balaban J connectivity index is 1.86. The molecular weight excluding hydrogens is 361 g/mol. The van der Waals surface area contributed by atoms with E-state index in [4.69, 9.17) is 4.74 Å². The van der Waals surface area contributed by atoms with Crippen molar-refractivity contribution in [2.75, 3.05) is 18.5 Å². The van der Waals surface area contributed by atoms with Crippen LogP contribution in [0.4, 0.5) is 18.9 Å². The third-order valence-corrected chi connectivity index (χ3v) is 4.22. The van der Waals surface area contributed by atoms with Gasteiger partial charge in [-0.2, -0.15) is 13.2 Å². The number of hydrogen-bond donors (Lipinski definition) is 1. The summed E-state index contributed by atoms with van der Waals surface area (Å²) in [6, 6.07) is 11.4. The summed E-state index contributed by atoms with van der Waals surface area (Å²) in [5.74, 6) is -0.435. The number of anilines is 1. The number of alkyl halides is 3. The maximum absolute atomic E-state index is 12.9. The molecule has 1 aliphatic heterocycles. The standard InChI is InChI=1S/C19H17F3N2O3/c1-23-18(26)16-11-24(14-7-2-3-8-15(14)27-16)17(25)10-12-5-4-6-13(9-12)19(20,21)22/h2-9,16H,10-11H2,1H3,(H,23,26)/t16-/m0/s1. The number of hydrogen-bond acceptors (Lipinski definition) is 3. The molecule has 1 heterocycles. The maximum atomic E-state index is 12.9. The van der Waals surface area contributed by atoms with Gasteiger partial charge in [0.1, 0.15) is 5.75 Å². The number of ether oxygens (including phenoxy) is 1. The number of rotatable bonds is 3. The molecule has 142 valence electrons. The Labute approximate surface area is 153 Å². The van der Waals surface area contributed by atoms with Crippen LogP contribution in [0.3, 0.4) is 0 Å². The van der Waals surface area contributed by atoms with Gasteiger partial charge < -0.3 is 15.0 Å². The molecule has 2 amide bonds. The minimum Gasteiger partial charge on any atom is -0.477 e. The van der Waals surface area contributed by atoms with Crippen molar-refractivity contribution in [3.05, 3.63) is 59.7 Å². The Morgan fingerprint density at radius 3 is 2.63 bits per heavy atom. The van der Waals surface area contributed by atoms with Gasteiger partial charge >= 0.3 is 6.18 Å². The minimum absolute atomic E-state index is 0.0194. The molecule has 0 aromatic heterocycles. The van der Waals surface area contributed by atoms with Crippen LogP contribution in [0.5, 0.6) is 5.75 Å². The van der Waals surface area contributed by atoms with Crippen LogP contribution >= 0.6 is 0 Å². The van der Waals surface area contributed by atoms with Gasteiger partial charge in [0.15, 0.2) is 6.10 Å². The van der Waals surface area contributed by atoms with Crippen LogP contribution in [0.2, 0.25) is 0 Å². The molecule has 0 spiro atoms. The average Bonchev–Trinajstić information content (AvgIpc) is 2.66. The van der Waals surface area contributed by atoms with E-state index in [0.29, 0.717) is 11.4 Å². The Morgan fingerprint density at radius 2 is 1.93 bits per heavy atom. The number of carbonyl (C=O) groups is 2. The second kappa shape index (κ2) is 7.30. The van der Waals surface area contributed by atoms with Crippen molar-refractivity contribution in [3.8, 4) is 5.75 Å². The zero-order chi connectivity index (χ0) is 19.6. The molecule has 0 bridgehead atoms. The van der Waals surface area contributed by atoms with E-state index in [-0.39, 0.29) is 24.4 Å². The van der Waals surface area contributed by atoms with Crippen molar-refractivity contribution in [2.45, 2.75) is 18.7 Å². The fourth-order valence-corrected chi connectivity index (χ4v) is 2.90. The zero-order valence-corrected chi connectivity index (χ0v) is 14.4. The van der Waals surface area contributed by atoms with Gasteiger partial charge in [0.05, 0.1) is 24.2 Å². The zero-order valence-electron chi connectivity index (χ0n) is 14.4. The van der Waals surface area contributed by atoms with Crippen LogP contribution in [0.25, 0.3) is 0 Å². The lowest BCUT2D eigenvalue weighted by atomic mass is 10.1. The SMILES string of the molecule is CNC(=O)[C@@H]1CN(C(=O)Cc2cccc(C(F)(F)F)c2)c2ccccc2O1. The molecule has 1 atom stereocenters. The number of amides is 2. The highest BCUT2D eigenvalue weighted by Gasteiger charge is 2.34. The highest BCUT2D eigenvalue weighted by atomic mass is 19.4. The smallest absolute Gasteiger partial charge is 0.416 e. The number of fused-ring (bicyclic) bond motifs is 1. The van der Waals surface area contributed by atoms with E-state index in [1.807, 2.05) is 0 Å². The molecule has 0 radical (unpaired) electrons. The second-order valence-corrected chi connectivity index (χ2v) is 6.07. The minimum atomic E-state index is -4.48. The van der Waals surface area contributed by atoms with Crippen molar-refractivity contribution >= 4 is 17.5 Å². The summed E-state index contributed by atoms with van der Waals surface area (Å²) in [4.78, 5) is 26.1. The van der Waals surface area contributed by atoms with Crippen molar-refractivity contribution in [2.24, 2.45) is 0 Å². The molecule has 1 N–H and O–H groups in total. The van der Waals surface area contributed by atoms with Gasteiger partial charge in [0, 0.05) is 7.05 Å². The normalized spacial score (nSPS) is 16.3. The molecule has 1 aliphatic rings. The van der Waals surface area contributed by atoms with Crippen LogP contribution < -0.4 is 15.0 Å². The molecule has 0 aliphatic carbocycles. The van der Waals surface area contributed by atoms with Gasteiger partial charge in [-0.05, 0) is 23.8 Å². The third kappa shape index (κ3) is 4.05. The highest BCUT2D eigenvalue weighted by Crippen LogP contribution is 2.34. The summed E-state index contributed by atoms with van der Waals surface area (Å²) in [6.07, 6.45) is -5.59. The fourth-order valence-electron chi connectivity index (χ4n) is 2.90. The lowest BCUT2D eigenvalue weighted by Gasteiger charge is -2.34. The Kier molecular flexibility index (Phi) is 5.07. The molecular formula is C19H17F3N2O3. The first-order valence-corrected chi connectivity index (χ1v) is 8.23. The van der Waals surface area contributed by atoms with Crippen LogP contribution in [-0.2, 0) is 22.2 Å². The van der Waals surface area contributed by atoms with Crippen molar-refractivity contribution in [1.29, 1.82) is 0 Å². The molecule has 8 heteroatoms. The number of likely N-dealkylation sites (N-methyl/N-ethyl adjacent to an activating group) is 1. The predicted molar refractivity (Wildman–Crippen MR) is 92.4 cm³/mol. The van der Waals surface area contributed by atoms with E-state index in [0.717, 1.165) is 12.1 Å². The summed E-state index contributed by atoms with van der Waals surface area (Å²) < 4.78 is 44.3. The monoisotopic (exact) mass is 378 g/mol. The van der Waals surface area contributed by atoms with Gasteiger partial charge in [-0.1, -0.05) is 30.3 Å². The number of halogens is 3. The predicted octanol–water partition coefficient (Wildman–Crippen LogP) is 2.79. The lowest BCUT2D eigenvalue weighted by molar-refractivity contribution is -0.137. The second-order valence-electron chi connectivity index (χ2n) is 6.07. The first kappa shape index (κ1) is 18.8. The molecule has 5 nitrogen and oxygen atoms in total. The summed E-state index contributed by atoms with van der Waals surface area (Å²) >= 11 is 0. The Morgan fingerprint density at radius 1 is 1.19 bits per heavy atom. The number of para-hydroxylation sites is 2. The topological polar surface area (TPSA) is 58.6 Å². The molecule has 2 aromatic carbocycles. The molecule has 0 unspecified atom stereocenters. The number of nitrogens with one attached hydrogen (secondary N) is 1. The average molecular weight is 378 g/mol. The van der Waals surface area contributed by atoms with E-state index >= 15 is 0 Å². The van der Waals surface area contributed by atoms with E-state index in [1.54, 1.807) is 24.3 Å².